The van der Waals surface area contributed by atoms with Crippen molar-refractivity contribution in [3.63, 3.8) is 0 Å². The summed E-state index contributed by atoms with van der Waals surface area (Å²) in [5.41, 5.74) is 20.7. The van der Waals surface area contributed by atoms with Crippen LogP contribution in [-0.4, -0.2) is 81.7 Å². The highest BCUT2D eigenvalue weighted by Crippen LogP contribution is 2.40. The molecule has 0 spiro atoms. The summed E-state index contributed by atoms with van der Waals surface area (Å²) < 4.78 is 0. The molecule has 1 aromatic carbocycles. The maximum absolute atomic E-state index is 11.3. The number of hydrogen-bond acceptors (Lipinski definition) is 7. The molecule has 0 aliphatic heterocycles. The van der Waals surface area contributed by atoms with Crippen LogP contribution in [0.25, 0.3) is 0 Å². The van der Waals surface area contributed by atoms with E-state index in [4.69, 9.17) is 17.2 Å². The molecule has 0 aliphatic rings. The predicted octanol–water partition coefficient (Wildman–Crippen LogP) is 1.25. The van der Waals surface area contributed by atoms with Crippen molar-refractivity contribution < 1.29 is 5.11 Å². The van der Waals surface area contributed by atoms with E-state index >= 15 is 0 Å². The quantitative estimate of drug-likeness (QED) is 0.422. The average molecular weight is 395 g/mol. The summed E-state index contributed by atoms with van der Waals surface area (Å²) in [4.78, 5) is 6.43. The van der Waals surface area contributed by atoms with E-state index < -0.39 is 0 Å². The Labute approximate surface area is 171 Å². The summed E-state index contributed by atoms with van der Waals surface area (Å²) in [6.07, 6.45) is 2.40. The highest BCUT2D eigenvalue weighted by Gasteiger charge is 2.27. The van der Waals surface area contributed by atoms with Crippen LogP contribution in [-0.2, 0) is 0 Å². The first-order valence-corrected chi connectivity index (χ1v) is 10.2. The fraction of sp³-hybridized carbons (Fsp3) is 0.714. The Bertz CT molecular complexity index is 551. The van der Waals surface area contributed by atoms with Crippen molar-refractivity contribution in [2.75, 3.05) is 61.9 Å². The van der Waals surface area contributed by atoms with Crippen molar-refractivity contribution in [3.05, 3.63) is 28.8 Å². The molecule has 0 aromatic heterocycles. The minimum atomic E-state index is 0.0464. The Morgan fingerprint density at radius 3 is 1.29 bits per heavy atom. The smallest absolute Gasteiger partial charge is 0.125 e. The van der Waals surface area contributed by atoms with Crippen LogP contribution in [0.5, 0.6) is 5.75 Å². The third kappa shape index (κ3) is 6.14. The molecule has 0 radical (unpaired) electrons. The highest BCUT2D eigenvalue weighted by molar-refractivity contribution is 5.48. The zero-order valence-corrected chi connectivity index (χ0v) is 18.7. The Hall–Kier alpha value is -1.22. The number of phenolic OH excluding ortho intramolecular Hbond substituents is 1. The van der Waals surface area contributed by atoms with E-state index in [0.29, 0.717) is 25.4 Å². The number of phenols is 1. The lowest BCUT2D eigenvalue weighted by Crippen LogP contribution is -2.27. The highest BCUT2D eigenvalue weighted by atomic mass is 16.3. The molecule has 0 aliphatic carbocycles. The Morgan fingerprint density at radius 2 is 1.00 bits per heavy atom. The van der Waals surface area contributed by atoms with Crippen molar-refractivity contribution in [1.29, 1.82) is 0 Å². The maximum Gasteiger partial charge on any atom is 0.125 e. The van der Waals surface area contributed by atoms with Gasteiger partial charge in [-0.2, -0.15) is 0 Å². The molecular weight excluding hydrogens is 352 g/mol. The summed E-state index contributed by atoms with van der Waals surface area (Å²) in [5, 5.41) is 11.3. The van der Waals surface area contributed by atoms with Crippen LogP contribution in [0.15, 0.2) is 12.1 Å². The van der Waals surface area contributed by atoms with E-state index in [1.54, 1.807) is 0 Å². The lowest BCUT2D eigenvalue weighted by molar-refractivity contribution is 0.260. The van der Waals surface area contributed by atoms with Gasteiger partial charge in [-0.3, -0.25) is 0 Å². The van der Waals surface area contributed by atoms with Gasteiger partial charge in [0.05, 0.1) is 0 Å². The number of hydrogen-bond donors (Lipinski definition) is 4. The van der Waals surface area contributed by atoms with Crippen molar-refractivity contribution in [2.24, 2.45) is 17.2 Å². The molecule has 7 heteroatoms. The van der Waals surface area contributed by atoms with Crippen molar-refractivity contribution in [3.8, 4) is 5.75 Å². The van der Waals surface area contributed by atoms with E-state index in [1.807, 2.05) is 28.2 Å². The zero-order chi connectivity index (χ0) is 21.4. The number of nitrogens with zero attached hydrogens (tertiary/aromatic N) is 3. The second kappa shape index (κ2) is 11.7. The molecule has 0 saturated carbocycles. The second-order valence-corrected chi connectivity index (χ2v) is 8.22. The SMILES string of the molecule is CN(C)C(CCN)c1cc(C(CCN)N(C)C)c(O)c(C(CCN)N(C)C)c1. The molecule has 7 nitrogen and oxygen atoms in total. The van der Waals surface area contributed by atoms with Gasteiger partial charge in [-0.05, 0) is 98.9 Å². The normalized spacial score (nSPS) is 15.4. The monoisotopic (exact) mass is 394 g/mol. The second-order valence-electron chi connectivity index (χ2n) is 8.22. The molecule has 0 amide bonds. The summed E-state index contributed by atoms with van der Waals surface area (Å²) in [7, 11) is 12.2. The van der Waals surface area contributed by atoms with Crippen LogP contribution in [0.2, 0.25) is 0 Å². The summed E-state index contributed by atoms with van der Waals surface area (Å²) >= 11 is 0. The van der Waals surface area contributed by atoms with Crippen LogP contribution < -0.4 is 17.2 Å². The van der Waals surface area contributed by atoms with Crippen LogP contribution in [0.4, 0.5) is 0 Å². The van der Waals surface area contributed by atoms with Gasteiger partial charge >= 0.3 is 0 Å². The van der Waals surface area contributed by atoms with Crippen LogP contribution in [0, 0.1) is 0 Å². The van der Waals surface area contributed by atoms with E-state index in [1.165, 1.54) is 5.56 Å². The van der Waals surface area contributed by atoms with E-state index in [0.717, 1.165) is 30.4 Å². The molecule has 7 N–H and O–H groups in total. The first kappa shape index (κ1) is 24.8. The van der Waals surface area contributed by atoms with E-state index in [9.17, 15) is 5.11 Å². The lowest BCUT2D eigenvalue weighted by atomic mass is 9.88. The van der Waals surface area contributed by atoms with Crippen molar-refractivity contribution >= 4 is 0 Å². The van der Waals surface area contributed by atoms with Crippen molar-refractivity contribution in [1.82, 2.24) is 14.7 Å². The molecule has 3 unspecified atom stereocenters. The molecule has 162 valence electrons. The standard InChI is InChI=1S/C21H42N6O/c1-25(2)18(7-10-22)15-13-16(19(8-11-23)26(3)4)21(28)17(14-15)20(9-12-24)27(5)6/h13-14,18-20,28H,7-12,22-24H2,1-6H3. The van der Waals surface area contributed by atoms with Crippen LogP contribution in [0.3, 0.4) is 0 Å². The third-order valence-electron chi connectivity index (χ3n) is 5.48. The fourth-order valence-corrected chi connectivity index (χ4v) is 3.98. The molecular formula is C21H42N6O. The minimum Gasteiger partial charge on any atom is -0.507 e. The van der Waals surface area contributed by atoms with E-state index in [-0.39, 0.29) is 18.1 Å². The Kier molecular flexibility index (Phi) is 10.4. The van der Waals surface area contributed by atoms with Gasteiger partial charge in [0, 0.05) is 29.3 Å². The summed E-state index contributed by atoms with van der Waals surface area (Å²) in [5.74, 6) is 0.355. The molecule has 0 fully saturated rings. The lowest BCUT2D eigenvalue weighted by Gasteiger charge is -2.32. The van der Waals surface area contributed by atoms with E-state index in [2.05, 4.69) is 40.9 Å². The van der Waals surface area contributed by atoms with Crippen LogP contribution >= 0.6 is 0 Å². The van der Waals surface area contributed by atoms with Gasteiger partial charge in [-0.1, -0.05) is 0 Å². The maximum atomic E-state index is 11.3. The first-order valence-electron chi connectivity index (χ1n) is 10.2. The van der Waals surface area contributed by atoms with Gasteiger partial charge < -0.3 is 37.0 Å². The Morgan fingerprint density at radius 1 is 0.679 bits per heavy atom. The molecule has 0 heterocycles. The van der Waals surface area contributed by atoms with Gasteiger partial charge in [0.15, 0.2) is 0 Å². The van der Waals surface area contributed by atoms with Gasteiger partial charge in [0.1, 0.15) is 5.75 Å². The number of aromatic hydroxyl groups is 1. The first-order chi connectivity index (χ1) is 13.2. The molecule has 3 atom stereocenters. The third-order valence-corrected chi connectivity index (χ3v) is 5.48. The molecule has 1 aromatic rings. The van der Waals surface area contributed by atoms with Gasteiger partial charge in [0.25, 0.3) is 0 Å². The van der Waals surface area contributed by atoms with Gasteiger partial charge in [0.2, 0.25) is 0 Å². The fourth-order valence-electron chi connectivity index (χ4n) is 3.98. The average Bonchev–Trinajstić information content (AvgIpc) is 2.62. The molecule has 1 rings (SSSR count). The number of rotatable bonds is 12. The number of nitrogens with two attached hydrogens (primary N) is 3. The van der Waals surface area contributed by atoms with Crippen molar-refractivity contribution in [2.45, 2.75) is 37.4 Å². The topological polar surface area (TPSA) is 108 Å². The Balaban J connectivity index is 3.69. The molecule has 0 bridgehead atoms. The minimum absolute atomic E-state index is 0.0464. The largest absolute Gasteiger partial charge is 0.507 e. The van der Waals surface area contributed by atoms with Crippen LogP contribution in [0.1, 0.15) is 54.1 Å². The predicted molar refractivity (Wildman–Crippen MR) is 118 cm³/mol. The molecule has 28 heavy (non-hydrogen) atoms. The zero-order valence-electron chi connectivity index (χ0n) is 18.7. The van der Waals surface area contributed by atoms with Gasteiger partial charge in [-0.15, -0.1) is 0 Å². The summed E-state index contributed by atoms with van der Waals surface area (Å²) in [6.45, 7) is 1.72. The summed E-state index contributed by atoms with van der Waals surface area (Å²) in [6, 6.07) is 4.54. The van der Waals surface area contributed by atoms with Gasteiger partial charge in [-0.25, -0.2) is 0 Å². The molecule has 0 saturated heterocycles. The number of benzene rings is 1.